The molecule has 1 spiro atoms. The fraction of sp³-hybridized carbons (Fsp3) is 0.333. The van der Waals surface area contributed by atoms with Gasteiger partial charge in [-0.3, -0.25) is 0 Å². The Balaban J connectivity index is 0.955. The van der Waals surface area contributed by atoms with E-state index in [0.29, 0.717) is 34.8 Å². The number of fused-ring (bicyclic) bond motifs is 8. The van der Waals surface area contributed by atoms with Crippen molar-refractivity contribution in [2.75, 3.05) is 0 Å². The highest BCUT2D eigenvalue weighted by Gasteiger charge is 2.56. The van der Waals surface area contributed by atoms with Gasteiger partial charge in [0.2, 0.25) is 0 Å². The molecule has 9 atom stereocenters. The molecule has 0 radical (unpaired) electrons. The lowest BCUT2D eigenvalue weighted by molar-refractivity contribution is 0.326. The molecule has 0 N–H and O–H groups in total. The molecule has 232 valence electrons. The Kier molecular flexibility index (Phi) is 5.81. The third-order valence-corrected chi connectivity index (χ3v) is 14.4. The van der Waals surface area contributed by atoms with Crippen LogP contribution in [0, 0.1) is 17.8 Å². The molecule has 2 heteroatoms. The fourth-order valence-electron chi connectivity index (χ4n) is 10.9. The number of hydrogen-bond acceptors (Lipinski definition) is 2. The van der Waals surface area contributed by atoms with Crippen molar-refractivity contribution in [1.29, 1.82) is 0 Å². The number of thioether (sulfide) groups is 1. The summed E-state index contributed by atoms with van der Waals surface area (Å²) in [4.78, 5) is 1.45. The minimum atomic E-state index is 0.188. The van der Waals surface area contributed by atoms with Gasteiger partial charge < -0.3 is 4.74 Å². The van der Waals surface area contributed by atoms with Gasteiger partial charge in [0.25, 0.3) is 0 Å². The zero-order chi connectivity index (χ0) is 30.9. The molecule has 2 aromatic rings. The average molecular weight is 629 g/mol. The van der Waals surface area contributed by atoms with E-state index in [1.807, 2.05) is 0 Å². The molecule has 1 nitrogen and oxygen atoms in total. The van der Waals surface area contributed by atoms with Gasteiger partial charge in [-0.25, -0.2) is 0 Å². The molecule has 1 saturated carbocycles. The Morgan fingerprint density at radius 1 is 0.894 bits per heavy atom. The molecular formula is C45H40OS. The van der Waals surface area contributed by atoms with Crippen molar-refractivity contribution in [3.05, 3.63) is 165 Å². The van der Waals surface area contributed by atoms with E-state index in [2.05, 4.69) is 134 Å². The summed E-state index contributed by atoms with van der Waals surface area (Å²) in [6.07, 6.45) is 35.5. The quantitative estimate of drug-likeness (QED) is 0.314. The zero-order valence-corrected chi connectivity index (χ0v) is 27.8. The summed E-state index contributed by atoms with van der Waals surface area (Å²) in [6.45, 7) is 2.49. The van der Waals surface area contributed by atoms with Crippen LogP contribution in [-0.4, -0.2) is 17.5 Å². The molecule has 2 aliphatic heterocycles. The molecule has 2 heterocycles. The van der Waals surface area contributed by atoms with Gasteiger partial charge in [-0.15, -0.1) is 11.8 Å². The standard InChI is InChI=1S/C45H40OS/c1-26-24-45(39-23-29(19-20-32(26)39)33-12-7-14-36-34-11-5-6-16-40(34)47-44(33)36)25-31-21-28-17-18-30(43-42(46-43)27-9-3-2-4-10-27)22-37(28)35-13-8-15-38(45)41(31)35/h2-3,5-9,11-14,16-23,26,28,36-38,42-44H,4,10,15,24-25H2,1H3. The highest BCUT2D eigenvalue weighted by atomic mass is 32.2. The molecule has 2 fully saturated rings. The summed E-state index contributed by atoms with van der Waals surface area (Å²) in [5, 5.41) is 0.461. The molecule has 1 saturated heterocycles. The first-order chi connectivity index (χ1) is 23.2. The number of ether oxygens (including phenoxy) is 1. The summed E-state index contributed by atoms with van der Waals surface area (Å²) in [5.41, 5.74) is 15.7. The van der Waals surface area contributed by atoms with Crippen molar-refractivity contribution in [3.63, 3.8) is 0 Å². The first-order valence-corrected chi connectivity index (χ1v) is 18.9. The predicted molar refractivity (Wildman–Crippen MR) is 193 cm³/mol. The third kappa shape index (κ3) is 3.89. The van der Waals surface area contributed by atoms with Crippen molar-refractivity contribution in [1.82, 2.24) is 0 Å². The monoisotopic (exact) mass is 628 g/mol. The van der Waals surface area contributed by atoms with E-state index in [9.17, 15) is 0 Å². The molecule has 47 heavy (non-hydrogen) atoms. The first-order valence-electron chi connectivity index (χ1n) is 18.0. The van der Waals surface area contributed by atoms with Crippen LogP contribution >= 0.6 is 11.8 Å². The SMILES string of the molecule is CC1CC2(CC3=CC4C=CC(C5OC5C5=CC=CCC5)=CC4C4=C3C2CC=C4)c2cc(C3=CC=CC4c5ccccc5SC34)ccc21. The van der Waals surface area contributed by atoms with E-state index in [1.54, 1.807) is 27.8 Å². The van der Waals surface area contributed by atoms with E-state index in [0.717, 1.165) is 19.3 Å². The molecule has 0 bridgehead atoms. The highest BCUT2D eigenvalue weighted by molar-refractivity contribution is 8.00. The van der Waals surface area contributed by atoms with Gasteiger partial charge in [0.1, 0.15) is 12.2 Å². The Morgan fingerprint density at radius 2 is 1.85 bits per heavy atom. The van der Waals surface area contributed by atoms with Crippen molar-refractivity contribution in [3.8, 4) is 0 Å². The first kappa shape index (κ1) is 27.4. The molecule has 0 amide bonds. The van der Waals surface area contributed by atoms with Gasteiger partial charge in [0.15, 0.2) is 0 Å². The van der Waals surface area contributed by atoms with Crippen molar-refractivity contribution in [2.45, 2.75) is 78.6 Å². The van der Waals surface area contributed by atoms with Crippen LogP contribution in [0.3, 0.4) is 0 Å². The number of epoxide rings is 1. The van der Waals surface area contributed by atoms with E-state index < -0.39 is 0 Å². The van der Waals surface area contributed by atoms with E-state index in [1.165, 1.54) is 45.6 Å². The third-order valence-electron chi connectivity index (χ3n) is 13.0. The lowest BCUT2D eigenvalue weighted by atomic mass is 9.66. The Bertz CT molecular complexity index is 2040. The second-order valence-corrected chi connectivity index (χ2v) is 16.6. The topological polar surface area (TPSA) is 12.5 Å². The second-order valence-electron chi connectivity index (χ2n) is 15.4. The lowest BCUT2D eigenvalue weighted by Gasteiger charge is -2.37. The van der Waals surface area contributed by atoms with Crippen LogP contribution in [0.2, 0.25) is 0 Å². The van der Waals surface area contributed by atoms with Gasteiger partial charge in [-0.2, -0.15) is 0 Å². The Hall–Kier alpha value is -3.59. The maximum Gasteiger partial charge on any atom is 0.113 e. The molecular weight excluding hydrogens is 589 g/mol. The largest absolute Gasteiger partial charge is 0.360 e. The van der Waals surface area contributed by atoms with Crippen LogP contribution in [-0.2, 0) is 10.2 Å². The smallest absolute Gasteiger partial charge is 0.113 e. The Labute approximate surface area is 283 Å². The minimum absolute atomic E-state index is 0.188. The van der Waals surface area contributed by atoms with E-state index in [4.69, 9.17) is 4.74 Å². The maximum absolute atomic E-state index is 6.32. The Morgan fingerprint density at radius 3 is 2.79 bits per heavy atom. The van der Waals surface area contributed by atoms with Crippen LogP contribution in [0.1, 0.15) is 73.1 Å². The number of rotatable bonds is 3. The predicted octanol–water partition coefficient (Wildman–Crippen LogP) is 10.6. The van der Waals surface area contributed by atoms with Gasteiger partial charge in [-0.1, -0.05) is 116 Å². The maximum atomic E-state index is 6.32. The van der Waals surface area contributed by atoms with Gasteiger partial charge >= 0.3 is 0 Å². The summed E-state index contributed by atoms with van der Waals surface area (Å²) < 4.78 is 6.32. The van der Waals surface area contributed by atoms with Crippen LogP contribution in [0.4, 0.5) is 0 Å². The van der Waals surface area contributed by atoms with Crippen LogP contribution in [0.5, 0.6) is 0 Å². The molecule has 9 unspecified atom stereocenters. The van der Waals surface area contributed by atoms with Gasteiger partial charge in [0.05, 0.1) is 0 Å². The lowest BCUT2D eigenvalue weighted by Crippen LogP contribution is -2.30. The fourth-order valence-corrected chi connectivity index (χ4v) is 12.4. The summed E-state index contributed by atoms with van der Waals surface area (Å²) >= 11 is 2.07. The molecule has 11 rings (SSSR count). The van der Waals surface area contributed by atoms with Crippen molar-refractivity contribution >= 4 is 17.3 Å². The second kappa shape index (κ2) is 9.97. The molecule has 2 aromatic carbocycles. The number of benzene rings is 2. The van der Waals surface area contributed by atoms with Crippen molar-refractivity contribution < 1.29 is 4.74 Å². The highest BCUT2D eigenvalue weighted by Crippen LogP contribution is 2.66. The van der Waals surface area contributed by atoms with Crippen LogP contribution in [0.25, 0.3) is 5.57 Å². The molecule has 7 aliphatic carbocycles. The number of allylic oxidation sites excluding steroid dienone is 14. The van der Waals surface area contributed by atoms with Crippen LogP contribution < -0.4 is 0 Å². The van der Waals surface area contributed by atoms with Gasteiger partial charge in [0, 0.05) is 33.3 Å². The van der Waals surface area contributed by atoms with Crippen LogP contribution in [0.15, 0.2) is 148 Å². The summed E-state index contributed by atoms with van der Waals surface area (Å²) in [7, 11) is 0. The normalized spacial score (nSPS) is 37.9. The number of hydrogen-bond donors (Lipinski definition) is 0. The van der Waals surface area contributed by atoms with Crippen molar-refractivity contribution in [2.24, 2.45) is 17.8 Å². The summed E-state index contributed by atoms with van der Waals surface area (Å²) in [6, 6.07) is 16.7. The molecule has 0 aromatic heterocycles. The average Bonchev–Trinajstić information content (AvgIpc) is 3.64. The molecule has 9 aliphatic rings. The minimum Gasteiger partial charge on any atom is -0.360 e. The van der Waals surface area contributed by atoms with E-state index in [-0.39, 0.29) is 17.6 Å². The zero-order valence-electron chi connectivity index (χ0n) is 26.9. The van der Waals surface area contributed by atoms with Gasteiger partial charge in [-0.05, 0) is 106 Å². The van der Waals surface area contributed by atoms with E-state index >= 15 is 0 Å². The summed E-state index contributed by atoms with van der Waals surface area (Å²) in [5.74, 6) is 2.50.